The lowest BCUT2D eigenvalue weighted by molar-refractivity contribution is -0.137. The SMILES string of the molecule is Cc1nc2c3ccc(C(F)(F)F)cc3nc(N3CCN(C)CC3)n2n1. The molecule has 3 heterocycles. The Morgan fingerprint density at radius 1 is 1.04 bits per heavy atom. The van der Waals surface area contributed by atoms with Gasteiger partial charge in [-0.1, -0.05) is 0 Å². The van der Waals surface area contributed by atoms with E-state index >= 15 is 0 Å². The Kier molecular flexibility index (Phi) is 3.57. The van der Waals surface area contributed by atoms with Crippen LogP contribution in [0.2, 0.25) is 0 Å². The fourth-order valence-electron chi connectivity index (χ4n) is 3.08. The van der Waals surface area contributed by atoms with Crippen LogP contribution in [-0.2, 0) is 6.18 Å². The number of nitrogens with zero attached hydrogens (tertiary/aromatic N) is 6. The molecular formula is C16H17F3N6. The predicted molar refractivity (Wildman–Crippen MR) is 87.7 cm³/mol. The molecule has 0 aliphatic carbocycles. The van der Waals surface area contributed by atoms with E-state index in [1.54, 1.807) is 11.4 Å². The molecule has 0 saturated carbocycles. The van der Waals surface area contributed by atoms with Gasteiger partial charge in [0, 0.05) is 31.6 Å². The molecule has 1 aliphatic rings. The number of aromatic nitrogens is 4. The maximum atomic E-state index is 13.1. The molecule has 0 bridgehead atoms. The van der Waals surface area contributed by atoms with E-state index in [0.29, 0.717) is 22.8 Å². The lowest BCUT2D eigenvalue weighted by Crippen LogP contribution is -2.45. The number of fused-ring (bicyclic) bond motifs is 3. The van der Waals surface area contributed by atoms with E-state index in [1.807, 2.05) is 11.9 Å². The second-order valence-corrected chi connectivity index (χ2v) is 6.33. The molecule has 0 unspecified atom stereocenters. The summed E-state index contributed by atoms with van der Waals surface area (Å²) in [7, 11) is 2.04. The molecule has 0 N–H and O–H groups in total. The Morgan fingerprint density at radius 2 is 1.76 bits per heavy atom. The number of anilines is 1. The van der Waals surface area contributed by atoms with E-state index in [1.165, 1.54) is 6.07 Å². The minimum absolute atomic E-state index is 0.281. The summed E-state index contributed by atoms with van der Waals surface area (Å²) < 4.78 is 40.8. The Morgan fingerprint density at radius 3 is 2.44 bits per heavy atom. The van der Waals surface area contributed by atoms with Crippen molar-refractivity contribution in [3.05, 3.63) is 29.6 Å². The summed E-state index contributed by atoms with van der Waals surface area (Å²) in [6, 6.07) is 3.56. The van der Waals surface area contributed by atoms with Crippen molar-refractivity contribution in [1.29, 1.82) is 0 Å². The third kappa shape index (κ3) is 2.78. The highest BCUT2D eigenvalue weighted by molar-refractivity contribution is 5.92. The van der Waals surface area contributed by atoms with Gasteiger partial charge in [-0.2, -0.15) is 17.7 Å². The molecule has 3 aromatic rings. The maximum absolute atomic E-state index is 13.1. The summed E-state index contributed by atoms with van der Waals surface area (Å²) >= 11 is 0. The topological polar surface area (TPSA) is 49.6 Å². The van der Waals surface area contributed by atoms with Gasteiger partial charge in [-0.25, -0.2) is 9.97 Å². The Labute approximate surface area is 141 Å². The van der Waals surface area contributed by atoms with E-state index < -0.39 is 11.7 Å². The largest absolute Gasteiger partial charge is 0.416 e. The zero-order chi connectivity index (χ0) is 17.8. The average Bonchev–Trinajstić information content (AvgIpc) is 2.95. The van der Waals surface area contributed by atoms with Crippen LogP contribution in [0.4, 0.5) is 19.1 Å². The predicted octanol–water partition coefficient (Wildman–Crippen LogP) is 2.36. The highest BCUT2D eigenvalue weighted by Gasteiger charge is 2.31. The van der Waals surface area contributed by atoms with E-state index in [0.717, 1.165) is 38.3 Å². The number of halogens is 3. The molecule has 1 fully saturated rings. The molecule has 0 radical (unpaired) electrons. The van der Waals surface area contributed by atoms with Crippen LogP contribution in [0, 0.1) is 6.92 Å². The molecule has 1 saturated heterocycles. The zero-order valence-corrected chi connectivity index (χ0v) is 13.9. The summed E-state index contributed by atoms with van der Waals surface area (Å²) in [4.78, 5) is 13.1. The molecule has 25 heavy (non-hydrogen) atoms. The molecule has 0 spiro atoms. The van der Waals surface area contributed by atoms with Crippen molar-refractivity contribution in [2.24, 2.45) is 0 Å². The van der Waals surface area contributed by atoms with Crippen LogP contribution in [0.5, 0.6) is 0 Å². The quantitative estimate of drug-likeness (QED) is 0.674. The van der Waals surface area contributed by atoms with E-state index in [2.05, 4.69) is 20.0 Å². The molecule has 4 rings (SSSR count). The van der Waals surface area contributed by atoms with Crippen molar-refractivity contribution in [3.8, 4) is 0 Å². The van der Waals surface area contributed by atoms with E-state index in [-0.39, 0.29) is 5.52 Å². The molecule has 2 aromatic heterocycles. The Balaban J connectivity index is 1.93. The zero-order valence-electron chi connectivity index (χ0n) is 13.9. The van der Waals surface area contributed by atoms with Crippen LogP contribution in [0.1, 0.15) is 11.4 Å². The minimum Gasteiger partial charge on any atom is -0.338 e. The van der Waals surface area contributed by atoms with Crippen molar-refractivity contribution >= 4 is 22.5 Å². The second-order valence-electron chi connectivity index (χ2n) is 6.33. The summed E-state index contributed by atoms with van der Waals surface area (Å²) in [5.74, 6) is 1.10. The third-order valence-electron chi connectivity index (χ3n) is 4.48. The molecule has 9 heteroatoms. The minimum atomic E-state index is -4.40. The van der Waals surface area contributed by atoms with Crippen LogP contribution in [0.15, 0.2) is 18.2 Å². The van der Waals surface area contributed by atoms with Crippen molar-refractivity contribution < 1.29 is 13.2 Å². The average molecular weight is 350 g/mol. The first-order chi connectivity index (χ1) is 11.8. The molecule has 0 amide bonds. The number of piperazine rings is 1. The number of alkyl halides is 3. The Hall–Kier alpha value is -2.42. The number of hydrogen-bond acceptors (Lipinski definition) is 5. The monoisotopic (exact) mass is 350 g/mol. The fraction of sp³-hybridized carbons (Fsp3) is 0.438. The summed E-state index contributed by atoms with van der Waals surface area (Å²) in [5, 5.41) is 4.96. The standard InChI is InChI=1S/C16H17F3N6/c1-10-20-14-12-4-3-11(16(17,18)19)9-13(12)21-15(25(14)22-10)24-7-5-23(2)6-8-24/h3-4,9H,5-8H2,1-2H3. The van der Waals surface area contributed by atoms with E-state index in [9.17, 15) is 13.2 Å². The summed E-state index contributed by atoms with van der Waals surface area (Å²) in [6.45, 7) is 4.95. The normalized spacial score (nSPS) is 16.9. The number of benzene rings is 1. The lowest BCUT2D eigenvalue weighted by atomic mass is 10.1. The highest BCUT2D eigenvalue weighted by Crippen LogP contribution is 2.32. The second kappa shape index (κ2) is 5.55. The maximum Gasteiger partial charge on any atom is 0.416 e. The van der Waals surface area contributed by atoms with Crippen LogP contribution in [0.3, 0.4) is 0 Å². The molecular weight excluding hydrogens is 333 g/mol. The van der Waals surface area contributed by atoms with Gasteiger partial charge in [0.1, 0.15) is 5.82 Å². The molecule has 6 nitrogen and oxygen atoms in total. The number of aryl methyl sites for hydroxylation is 1. The smallest absolute Gasteiger partial charge is 0.338 e. The highest BCUT2D eigenvalue weighted by atomic mass is 19.4. The molecule has 1 aromatic carbocycles. The van der Waals surface area contributed by atoms with Gasteiger partial charge in [-0.15, -0.1) is 5.10 Å². The molecule has 1 aliphatic heterocycles. The van der Waals surface area contributed by atoms with Crippen LogP contribution in [0.25, 0.3) is 16.6 Å². The third-order valence-corrected chi connectivity index (χ3v) is 4.48. The number of hydrogen-bond donors (Lipinski definition) is 0. The van der Waals surface area contributed by atoms with Crippen molar-refractivity contribution in [2.75, 3.05) is 38.1 Å². The van der Waals surface area contributed by atoms with Crippen molar-refractivity contribution in [1.82, 2.24) is 24.5 Å². The Bertz CT molecular complexity index is 940. The van der Waals surface area contributed by atoms with Gasteiger partial charge in [-0.3, -0.25) is 0 Å². The first kappa shape index (κ1) is 16.1. The van der Waals surface area contributed by atoms with Crippen LogP contribution in [-0.4, -0.2) is 57.7 Å². The van der Waals surface area contributed by atoms with Gasteiger partial charge in [0.2, 0.25) is 5.95 Å². The lowest BCUT2D eigenvalue weighted by Gasteiger charge is -2.33. The fourth-order valence-corrected chi connectivity index (χ4v) is 3.08. The van der Waals surface area contributed by atoms with E-state index in [4.69, 9.17) is 0 Å². The number of rotatable bonds is 1. The van der Waals surface area contributed by atoms with Crippen molar-refractivity contribution in [3.63, 3.8) is 0 Å². The first-order valence-corrected chi connectivity index (χ1v) is 8.01. The molecule has 132 valence electrons. The van der Waals surface area contributed by atoms with Gasteiger partial charge in [0.15, 0.2) is 5.65 Å². The van der Waals surface area contributed by atoms with Crippen LogP contribution >= 0.6 is 0 Å². The number of likely N-dealkylation sites (N-methyl/N-ethyl adjacent to an activating group) is 1. The van der Waals surface area contributed by atoms with Gasteiger partial charge in [0.05, 0.1) is 11.1 Å². The van der Waals surface area contributed by atoms with Crippen LogP contribution < -0.4 is 4.90 Å². The van der Waals surface area contributed by atoms with Gasteiger partial charge in [0.25, 0.3) is 0 Å². The van der Waals surface area contributed by atoms with Crippen molar-refractivity contribution in [2.45, 2.75) is 13.1 Å². The van der Waals surface area contributed by atoms with Gasteiger partial charge in [-0.05, 0) is 32.2 Å². The summed E-state index contributed by atoms with van der Waals surface area (Å²) in [5.41, 5.74) is 0.103. The molecule has 0 atom stereocenters. The summed E-state index contributed by atoms with van der Waals surface area (Å²) in [6.07, 6.45) is -4.40. The van der Waals surface area contributed by atoms with Gasteiger partial charge < -0.3 is 9.80 Å². The first-order valence-electron chi connectivity index (χ1n) is 8.01. The van der Waals surface area contributed by atoms with Gasteiger partial charge >= 0.3 is 6.18 Å².